The summed E-state index contributed by atoms with van der Waals surface area (Å²) in [6.07, 6.45) is 3.74. The molecular formula is C10H18O2S2. The van der Waals surface area contributed by atoms with Gasteiger partial charge in [0.15, 0.2) is 0 Å². The van der Waals surface area contributed by atoms with Crippen molar-refractivity contribution in [1.29, 1.82) is 0 Å². The maximum Gasteiger partial charge on any atom is 0.0817 e. The predicted molar refractivity (Wildman–Crippen MR) is 63.4 cm³/mol. The Kier molecular flexibility index (Phi) is 4.97. The zero-order valence-electron chi connectivity index (χ0n) is 8.44. The minimum Gasteiger partial charge on any atom is -0.373 e. The van der Waals surface area contributed by atoms with E-state index in [0.29, 0.717) is 12.2 Å². The first-order chi connectivity index (χ1) is 6.95. The highest BCUT2D eigenvalue weighted by molar-refractivity contribution is 8.02. The Morgan fingerprint density at radius 2 is 1.21 bits per heavy atom. The quantitative estimate of drug-likeness (QED) is 0.450. The van der Waals surface area contributed by atoms with Crippen LogP contribution in [0.1, 0.15) is 12.8 Å². The predicted octanol–water partition coefficient (Wildman–Crippen LogP) is 2.03. The average Bonchev–Trinajstić information content (AvgIpc) is 3.00. The molecule has 14 heavy (non-hydrogen) atoms. The van der Waals surface area contributed by atoms with Gasteiger partial charge in [0.1, 0.15) is 0 Å². The molecule has 4 heteroatoms. The number of thioether (sulfide) groups is 2. The zero-order chi connectivity index (χ0) is 9.64. The Labute approximate surface area is 94.5 Å². The molecule has 2 rings (SSSR count). The van der Waals surface area contributed by atoms with E-state index in [2.05, 4.69) is 23.5 Å². The molecule has 0 saturated carbocycles. The van der Waals surface area contributed by atoms with Gasteiger partial charge in [-0.15, -0.1) is 0 Å². The van der Waals surface area contributed by atoms with Gasteiger partial charge < -0.3 is 9.47 Å². The molecule has 82 valence electrons. The third kappa shape index (κ3) is 5.49. The molecule has 2 saturated heterocycles. The molecule has 0 bridgehead atoms. The highest BCUT2D eigenvalue weighted by atomic mass is 32.2. The van der Waals surface area contributed by atoms with E-state index in [1.807, 2.05) is 0 Å². The van der Waals surface area contributed by atoms with E-state index >= 15 is 0 Å². The topological polar surface area (TPSA) is 25.1 Å². The van der Waals surface area contributed by atoms with E-state index in [1.165, 1.54) is 35.9 Å². The molecule has 0 amide bonds. The summed E-state index contributed by atoms with van der Waals surface area (Å²) in [6.45, 7) is 2.02. The van der Waals surface area contributed by atoms with Crippen LogP contribution in [-0.4, -0.2) is 48.4 Å². The van der Waals surface area contributed by atoms with Crippen molar-refractivity contribution in [3.05, 3.63) is 0 Å². The summed E-state index contributed by atoms with van der Waals surface area (Å²) in [5, 5.41) is 0. The van der Waals surface area contributed by atoms with Crippen LogP contribution < -0.4 is 0 Å². The summed E-state index contributed by atoms with van der Waals surface area (Å²) in [4.78, 5) is 0. The third-order valence-corrected chi connectivity index (χ3v) is 4.64. The molecule has 2 unspecified atom stereocenters. The first-order valence-corrected chi connectivity index (χ1v) is 7.65. The molecule has 0 spiro atoms. The van der Waals surface area contributed by atoms with E-state index in [9.17, 15) is 0 Å². The standard InChI is InChI=1S/C10H18O2S2/c1(9-7-11-9)3-13-5-6-14-4-2-10-8-12-10/h9-10H,1-8H2. The van der Waals surface area contributed by atoms with Crippen molar-refractivity contribution in [2.45, 2.75) is 25.0 Å². The van der Waals surface area contributed by atoms with Crippen LogP contribution in [0.15, 0.2) is 0 Å². The smallest absolute Gasteiger partial charge is 0.0817 e. The Balaban J connectivity index is 1.25. The van der Waals surface area contributed by atoms with Crippen LogP contribution in [0.2, 0.25) is 0 Å². The number of epoxide rings is 2. The Morgan fingerprint density at radius 1 is 0.786 bits per heavy atom. The van der Waals surface area contributed by atoms with Crippen molar-refractivity contribution in [3.8, 4) is 0 Å². The van der Waals surface area contributed by atoms with Gasteiger partial charge in [0.05, 0.1) is 25.4 Å². The highest BCUT2D eigenvalue weighted by Crippen LogP contribution is 2.19. The van der Waals surface area contributed by atoms with Gasteiger partial charge in [-0.2, -0.15) is 23.5 Å². The molecule has 0 aromatic heterocycles. The number of ether oxygens (including phenoxy) is 2. The van der Waals surface area contributed by atoms with Crippen molar-refractivity contribution in [1.82, 2.24) is 0 Å². The van der Waals surface area contributed by atoms with Crippen LogP contribution in [0, 0.1) is 0 Å². The largest absolute Gasteiger partial charge is 0.373 e. The fourth-order valence-electron chi connectivity index (χ4n) is 1.22. The molecule has 2 heterocycles. The summed E-state index contributed by atoms with van der Waals surface area (Å²) in [7, 11) is 0. The van der Waals surface area contributed by atoms with Crippen molar-refractivity contribution in [2.75, 3.05) is 36.2 Å². The van der Waals surface area contributed by atoms with Gasteiger partial charge in [-0.05, 0) is 24.3 Å². The molecule has 2 fully saturated rings. The lowest BCUT2D eigenvalue weighted by Crippen LogP contribution is -1.94. The monoisotopic (exact) mass is 234 g/mol. The van der Waals surface area contributed by atoms with Crippen molar-refractivity contribution >= 4 is 23.5 Å². The number of hydrogen-bond acceptors (Lipinski definition) is 4. The summed E-state index contributed by atoms with van der Waals surface area (Å²) >= 11 is 4.13. The fraction of sp³-hybridized carbons (Fsp3) is 1.00. The van der Waals surface area contributed by atoms with Crippen LogP contribution in [0.4, 0.5) is 0 Å². The van der Waals surface area contributed by atoms with E-state index in [1.54, 1.807) is 0 Å². The van der Waals surface area contributed by atoms with E-state index in [0.717, 1.165) is 13.2 Å². The first-order valence-electron chi connectivity index (χ1n) is 5.34. The molecule has 0 aliphatic carbocycles. The first kappa shape index (κ1) is 11.1. The lowest BCUT2D eigenvalue weighted by atomic mass is 10.4. The van der Waals surface area contributed by atoms with Crippen LogP contribution in [0.25, 0.3) is 0 Å². The summed E-state index contributed by atoms with van der Waals surface area (Å²) in [6, 6.07) is 0. The van der Waals surface area contributed by atoms with Crippen LogP contribution in [-0.2, 0) is 9.47 Å². The van der Waals surface area contributed by atoms with Gasteiger partial charge >= 0.3 is 0 Å². The third-order valence-electron chi connectivity index (χ3n) is 2.35. The Bertz CT molecular complexity index is 140. The fourth-order valence-corrected chi connectivity index (χ4v) is 3.43. The minimum atomic E-state index is 0.613. The maximum atomic E-state index is 5.15. The van der Waals surface area contributed by atoms with Crippen LogP contribution in [0.3, 0.4) is 0 Å². The highest BCUT2D eigenvalue weighted by Gasteiger charge is 2.21. The Morgan fingerprint density at radius 3 is 1.57 bits per heavy atom. The molecule has 2 aliphatic rings. The molecule has 2 nitrogen and oxygen atoms in total. The molecule has 0 aromatic rings. The van der Waals surface area contributed by atoms with Crippen LogP contribution in [0.5, 0.6) is 0 Å². The van der Waals surface area contributed by atoms with Crippen molar-refractivity contribution < 1.29 is 9.47 Å². The van der Waals surface area contributed by atoms with E-state index in [4.69, 9.17) is 9.47 Å². The normalized spacial score (nSPS) is 29.1. The van der Waals surface area contributed by atoms with Gasteiger partial charge in [0.2, 0.25) is 0 Å². The molecule has 2 aliphatic heterocycles. The molecule has 0 aromatic carbocycles. The average molecular weight is 234 g/mol. The second-order valence-corrected chi connectivity index (χ2v) is 6.16. The molecule has 0 radical (unpaired) electrons. The van der Waals surface area contributed by atoms with Gasteiger partial charge in [0, 0.05) is 11.5 Å². The lowest BCUT2D eigenvalue weighted by Gasteiger charge is -2.00. The van der Waals surface area contributed by atoms with Gasteiger partial charge in [-0.1, -0.05) is 0 Å². The zero-order valence-corrected chi connectivity index (χ0v) is 10.1. The van der Waals surface area contributed by atoms with Gasteiger partial charge in [-0.3, -0.25) is 0 Å². The van der Waals surface area contributed by atoms with E-state index < -0.39 is 0 Å². The summed E-state index contributed by atoms with van der Waals surface area (Å²) in [5.41, 5.74) is 0. The SMILES string of the molecule is C(CSCCC1CO1)SCCC1CO1. The van der Waals surface area contributed by atoms with Gasteiger partial charge in [-0.25, -0.2) is 0 Å². The number of rotatable bonds is 9. The van der Waals surface area contributed by atoms with Gasteiger partial charge in [0.25, 0.3) is 0 Å². The maximum absolute atomic E-state index is 5.15. The van der Waals surface area contributed by atoms with E-state index in [-0.39, 0.29) is 0 Å². The summed E-state index contributed by atoms with van der Waals surface area (Å²) in [5.74, 6) is 5.14. The molecular weight excluding hydrogens is 216 g/mol. The Hall–Kier alpha value is 0.620. The second kappa shape index (κ2) is 6.26. The molecule has 2 atom stereocenters. The van der Waals surface area contributed by atoms with Crippen molar-refractivity contribution in [3.63, 3.8) is 0 Å². The van der Waals surface area contributed by atoms with Crippen LogP contribution >= 0.6 is 23.5 Å². The number of hydrogen-bond donors (Lipinski definition) is 0. The lowest BCUT2D eigenvalue weighted by molar-refractivity contribution is 0.404. The summed E-state index contributed by atoms with van der Waals surface area (Å²) < 4.78 is 10.3. The minimum absolute atomic E-state index is 0.613. The van der Waals surface area contributed by atoms with Crippen molar-refractivity contribution in [2.24, 2.45) is 0 Å². The second-order valence-electron chi connectivity index (χ2n) is 3.71. The molecule has 0 N–H and O–H groups in total.